The Balaban J connectivity index is 1.82. The highest BCUT2D eigenvalue weighted by Gasteiger charge is 2.16. The molecule has 4 heteroatoms. The van der Waals surface area contributed by atoms with Crippen LogP contribution in [0.3, 0.4) is 0 Å². The van der Waals surface area contributed by atoms with Crippen LogP contribution in [0.1, 0.15) is 31.2 Å². The summed E-state index contributed by atoms with van der Waals surface area (Å²) in [4.78, 5) is 9.58. The van der Waals surface area contributed by atoms with Gasteiger partial charge in [0.2, 0.25) is 0 Å². The Bertz CT molecular complexity index is 394. The molecular formula is C16H28N4. The number of nitrogens with zero attached hydrogens (tertiary/aromatic N) is 3. The third-order valence-corrected chi connectivity index (χ3v) is 4.05. The minimum absolute atomic E-state index is 0.826. The Morgan fingerprint density at radius 2 is 2.05 bits per heavy atom. The van der Waals surface area contributed by atoms with Crippen molar-refractivity contribution in [3.8, 4) is 0 Å². The molecule has 0 radical (unpaired) electrons. The van der Waals surface area contributed by atoms with Crippen LogP contribution >= 0.6 is 0 Å². The molecule has 0 bridgehead atoms. The van der Waals surface area contributed by atoms with E-state index in [9.17, 15) is 0 Å². The first kappa shape index (κ1) is 15.3. The summed E-state index contributed by atoms with van der Waals surface area (Å²) in [5.41, 5.74) is 6.82. The van der Waals surface area contributed by atoms with Crippen LogP contribution < -0.4 is 10.6 Å². The van der Waals surface area contributed by atoms with Crippen LogP contribution in [0.2, 0.25) is 0 Å². The van der Waals surface area contributed by atoms with Crippen LogP contribution in [-0.2, 0) is 0 Å². The van der Waals surface area contributed by atoms with Gasteiger partial charge >= 0.3 is 0 Å². The van der Waals surface area contributed by atoms with Crippen molar-refractivity contribution in [3.05, 3.63) is 23.9 Å². The summed E-state index contributed by atoms with van der Waals surface area (Å²) in [6.07, 6.45) is 6.83. The molecule has 0 aliphatic carbocycles. The van der Waals surface area contributed by atoms with Crippen LogP contribution in [-0.4, -0.2) is 49.2 Å². The topological polar surface area (TPSA) is 45.4 Å². The van der Waals surface area contributed by atoms with Crippen molar-refractivity contribution in [2.24, 2.45) is 5.73 Å². The minimum atomic E-state index is 0.826. The van der Waals surface area contributed by atoms with Crippen LogP contribution in [0.25, 0.3) is 0 Å². The van der Waals surface area contributed by atoms with Gasteiger partial charge in [0.1, 0.15) is 5.82 Å². The van der Waals surface area contributed by atoms with Gasteiger partial charge in [0.15, 0.2) is 0 Å². The molecule has 0 amide bonds. The summed E-state index contributed by atoms with van der Waals surface area (Å²) in [7, 11) is 0. The maximum Gasteiger partial charge on any atom is 0.131 e. The summed E-state index contributed by atoms with van der Waals surface area (Å²) in [6.45, 7) is 8.77. The smallest absolute Gasteiger partial charge is 0.131 e. The van der Waals surface area contributed by atoms with E-state index in [0.717, 1.165) is 38.4 Å². The molecule has 112 valence electrons. The number of nitrogens with two attached hydrogens (primary N) is 1. The predicted octanol–water partition coefficient (Wildman–Crippen LogP) is 2.03. The Morgan fingerprint density at radius 1 is 1.15 bits per heavy atom. The number of hydrogen-bond acceptors (Lipinski definition) is 4. The fraction of sp³-hybridized carbons (Fsp3) is 0.688. The second-order valence-corrected chi connectivity index (χ2v) is 5.68. The molecule has 0 aromatic carbocycles. The van der Waals surface area contributed by atoms with E-state index in [0.29, 0.717) is 0 Å². The van der Waals surface area contributed by atoms with Gasteiger partial charge in [0.05, 0.1) is 0 Å². The molecule has 20 heavy (non-hydrogen) atoms. The number of rotatable bonds is 6. The van der Waals surface area contributed by atoms with E-state index < -0.39 is 0 Å². The maximum absolute atomic E-state index is 5.54. The zero-order valence-electron chi connectivity index (χ0n) is 12.7. The van der Waals surface area contributed by atoms with Gasteiger partial charge in [-0.1, -0.05) is 12.5 Å². The molecule has 1 fully saturated rings. The van der Waals surface area contributed by atoms with Crippen molar-refractivity contribution in [1.29, 1.82) is 0 Å². The molecule has 0 atom stereocenters. The molecule has 1 aromatic rings. The zero-order chi connectivity index (χ0) is 14.2. The lowest BCUT2D eigenvalue weighted by Crippen LogP contribution is -2.32. The average molecular weight is 276 g/mol. The zero-order valence-corrected chi connectivity index (χ0v) is 12.7. The van der Waals surface area contributed by atoms with Crippen molar-refractivity contribution >= 4 is 5.82 Å². The third kappa shape index (κ3) is 4.46. The second kappa shape index (κ2) is 8.22. The molecule has 2 N–H and O–H groups in total. The Kier molecular flexibility index (Phi) is 6.27. The fourth-order valence-electron chi connectivity index (χ4n) is 2.87. The quantitative estimate of drug-likeness (QED) is 0.808. The molecule has 1 aromatic heterocycles. The normalized spacial score (nSPS) is 17.2. The molecule has 1 aliphatic rings. The van der Waals surface area contributed by atoms with Crippen molar-refractivity contribution in [1.82, 2.24) is 9.88 Å². The van der Waals surface area contributed by atoms with Gasteiger partial charge in [-0.2, -0.15) is 0 Å². The molecule has 2 heterocycles. The van der Waals surface area contributed by atoms with E-state index in [4.69, 9.17) is 5.73 Å². The molecule has 2 rings (SSSR count). The molecule has 0 saturated carbocycles. The second-order valence-electron chi connectivity index (χ2n) is 5.68. The Hall–Kier alpha value is -1.13. The van der Waals surface area contributed by atoms with Gasteiger partial charge in [-0.05, 0) is 57.5 Å². The lowest BCUT2D eigenvalue weighted by Gasteiger charge is -2.24. The van der Waals surface area contributed by atoms with Crippen molar-refractivity contribution in [2.75, 3.05) is 44.2 Å². The number of hydrogen-bond donors (Lipinski definition) is 1. The number of unbranched alkanes of at least 4 members (excludes halogenated alkanes) is 2. The van der Waals surface area contributed by atoms with Crippen molar-refractivity contribution in [2.45, 2.75) is 32.6 Å². The van der Waals surface area contributed by atoms with Gasteiger partial charge in [0.25, 0.3) is 0 Å². The van der Waals surface area contributed by atoms with Gasteiger partial charge in [-0.3, -0.25) is 0 Å². The number of aryl methyl sites for hydroxylation is 1. The largest absolute Gasteiger partial charge is 0.355 e. The lowest BCUT2D eigenvalue weighted by molar-refractivity contribution is 0.286. The fourth-order valence-corrected chi connectivity index (χ4v) is 2.87. The number of pyridine rings is 1. The molecule has 0 unspecified atom stereocenters. The molecule has 1 saturated heterocycles. The highest BCUT2D eigenvalue weighted by atomic mass is 15.2. The van der Waals surface area contributed by atoms with Gasteiger partial charge < -0.3 is 15.5 Å². The van der Waals surface area contributed by atoms with Gasteiger partial charge in [-0.15, -0.1) is 0 Å². The van der Waals surface area contributed by atoms with E-state index in [1.54, 1.807) is 0 Å². The Labute approximate surface area is 123 Å². The standard InChI is InChI=1S/C16H28N4/c1-15-7-5-9-18-16(15)20-12-6-11-19(13-14-20)10-4-2-3-8-17/h5,7,9H,2-4,6,8,10-14,17H2,1H3. The molecule has 1 aliphatic heterocycles. The lowest BCUT2D eigenvalue weighted by atomic mass is 10.2. The van der Waals surface area contributed by atoms with Crippen molar-refractivity contribution in [3.63, 3.8) is 0 Å². The van der Waals surface area contributed by atoms with Crippen LogP contribution in [0.5, 0.6) is 0 Å². The van der Waals surface area contributed by atoms with E-state index in [1.807, 2.05) is 12.3 Å². The summed E-state index contributed by atoms with van der Waals surface area (Å²) >= 11 is 0. The monoisotopic (exact) mass is 276 g/mol. The van der Waals surface area contributed by atoms with E-state index >= 15 is 0 Å². The third-order valence-electron chi connectivity index (χ3n) is 4.05. The van der Waals surface area contributed by atoms with Gasteiger partial charge in [-0.25, -0.2) is 4.98 Å². The first-order chi connectivity index (χ1) is 9.81. The van der Waals surface area contributed by atoms with Crippen LogP contribution in [0.4, 0.5) is 5.82 Å². The highest BCUT2D eigenvalue weighted by molar-refractivity contribution is 5.45. The van der Waals surface area contributed by atoms with Gasteiger partial charge in [0, 0.05) is 25.8 Å². The van der Waals surface area contributed by atoms with E-state index in [1.165, 1.54) is 37.9 Å². The van der Waals surface area contributed by atoms with E-state index in [-0.39, 0.29) is 0 Å². The number of aromatic nitrogens is 1. The number of anilines is 1. The summed E-state index contributed by atoms with van der Waals surface area (Å²) in [6, 6.07) is 4.16. The molecule has 4 nitrogen and oxygen atoms in total. The summed E-state index contributed by atoms with van der Waals surface area (Å²) in [5, 5.41) is 0. The summed E-state index contributed by atoms with van der Waals surface area (Å²) in [5.74, 6) is 1.16. The average Bonchev–Trinajstić information content (AvgIpc) is 2.70. The molecule has 0 spiro atoms. The Morgan fingerprint density at radius 3 is 2.85 bits per heavy atom. The van der Waals surface area contributed by atoms with E-state index in [2.05, 4.69) is 27.8 Å². The summed E-state index contributed by atoms with van der Waals surface area (Å²) < 4.78 is 0. The van der Waals surface area contributed by atoms with Crippen LogP contribution in [0.15, 0.2) is 18.3 Å². The SMILES string of the molecule is Cc1cccnc1N1CCCN(CCCCCN)CC1. The maximum atomic E-state index is 5.54. The highest BCUT2D eigenvalue weighted by Crippen LogP contribution is 2.18. The first-order valence-electron chi connectivity index (χ1n) is 7.90. The minimum Gasteiger partial charge on any atom is -0.355 e. The molecular weight excluding hydrogens is 248 g/mol. The van der Waals surface area contributed by atoms with Crippen molar-refractivity contribution < 1.29 is 0 Å². The first-order valence-corrected chi connectivity index (χ1v) is 7.90. The van der Waals surface area contributed by atoms with Crippen LogP contribution in [0, 0.1) is 6.92 Å². The predicted molar refractivity (Wildman–Crippen MR) is 85.1 cm³/mol.